The van der Waals surface area contributed by atoms with Crippen LogP contribution in [0, 0.1) is 11.8 Å². The number of rotatable bonds is 3. The first-order valence-electron chi connectivity index (χ1n) is 4.09. The molecule has 78 valence electrons. The number of hydrogen-bond donors (Lipinski definition) is 1. The zero-order chi connectivity index (χ0) is 10.6. The van der Waals surface area contributed by atoms with Crippen molar-refractivity contribution >= 4 is 5.91 Å². The minimum Gasteiger partial charge on any atom is -0.355 e. The number of carbonyl (C=O) groups excluding carboxylic acids is 1. The van der Waals surface area contributed by atoms with Crippen molar-refractivity contribution < 1.29 is 18.0 Å². The molecule has 13 heavy (non-hydrogen) atoms. The normalized spacial score (nSPS) is 14.4. The fourth-order valence-electron chi connectivity index (χ4n) is 0.574. The van der Waals surface area contributed by atoms with Gasteiger partial charge in [0.05, 0.1) is 5.92 Å². The number of alkyl halides is 3. The lowest BCUT2D eigenvalue weighted by atomic mass is 10.1. The molecule has 0 aliphatic carbocycles. The molecule has 0 saturated heterocycles. The van der Waals surface area contributed by atoms with Crippen molar-refractivity contribution in [1.82, 2.24) is 5.32 Å². The molecule has 1 amide bonds. The molecule has 0 saturated carbocycles. The van der Waals surface area contributed by atoms with E-state index in [4.69, 9.17) is 0 Å². The number of nitrogens with one attached hydrogen (secondary N) is 1. The summed E-state index contributed by atoms with van der Waals surface area (Å²) in [6.07, 6.45) is -4.23. The first-order valence-corrected chi connectivity index (χ1v) is 4.09. The zero-order valence-electron chi connectivity index (χ0n) is 7.90. The number of carbonyl (C=O) groups is 1. The minimum atomic E-state index is -4.23. The number of halogens is 3. The highest BCUT2D eigenvalue weighted by molar-refractivity contribution is 5.77. The van der Waals surface area contributed by atoms with Gasteiger partial charge in [-0.05, 0) is 0 Å². The van der Waals surface area contributed by atoms with Crippen molar-refractivity contribution in [2.45, 2.75) is 26.9 Å². The first kappa shape index (κ1) is 12.3. The molecule has 1 unspecified atom stereocenters. The third kappa shape index (κ3) is 4.75. The van der Waals surface area contributed by atoms with Crippen LogP contribution in [0.25, 0.3) is 0 Å². The predicted molar refractivity (Wildman–Crippen MR) is 43.1 cm³/mol. The molecule has 1 N–H and O–H groups in total. The molecule has 0 aromatic carbocycles. The molecule has 0 bridgehead atoms. The fourth-order valence-corrected chi connectivity index (χ4v) is 0.574. The third-order valence-corrected chi connectivity index (χ3v) is 1.67. The van der Waals surface area contributed by atoms with Gasteiger partial charge in [0.15, 0.2) is 0 Å². The SMILES string of the molecule is CC(C)C(=O)NCC(C)C(F)(F)F. The standard InChI is InChI=1S/C8H14F3NO/c1-5(2)7(13)12-4-6(3)8(9,10)11/h5-6H,4H2,1-3H3,(H,12,13). The van der Waals surface area contributed by atoms with Crippen LogP contribution in [0.1, 0.15) is 20.8 Å². The molecule has 0 aromatic heterocycles. The summed E-state index contributed by atoms with van der Waals surface area (Å²) < 4.78 is 35.8. The van der Waals surface area contributed by atoms with Crippen LogP contribution in [-0.4, -0.2) is 18.6 Å². The summed E-state index contributed by atoms with van der Waals surface area (Å²) >= 11 is 0. The molecule has 0 spiro atoms. The smallest absolute Gasteiger partial charge is 0.355 e. The van der Waals surface area contributed by atoms with Crippen molar-refractivity contribution in [2.24, 2.45) is 11.8 Å². The van der Waals surface area contributed by atoms with Crippen LogP contribution >= 0.6 is 0 Å². The Morgan fingerprint density at radius 2 is 1.77 bits per heavy atom. The topological polar surface area (TPSA) is 29.1 Å². The number of amides is 1. The highest BCUT2D eigenvalue weighted by atomic mass is 19.4. The van der Waals surface area contributed by atoms with E-state index in [1.165, 1.54) is 0 Å². The molecule has 2 nitrogen and oxygen atoms in total. The molecule has 0 rings (SSSR count). The average Bonchev–Trinajstić information content (AvgIpc) is 1.97. The maximum absolute atomic E-state index is 11.9. The van der Waals surface area contributed by atoms with Crippen molar-refractivity contribution in [1.29, 1.82) is 0 Å². The minimum absolute atomic E-state index is 0.277. The second kappa shape index (κ2) is 4.48. The average molecular weight is 197 g/mol. The van der Waals surface area contributed by atoms with E-state index in [0.717, 1.165) is 6.92 Å². The van der Waals surface area contributed by atoms with E-state index in [1.807, 2.05) is 0 Å². The van der Waals surface area contributed by atoms with Crippen molar-refractivity contribution in [3.63, 3.8) is 0 Å². The van der Waals surface area contributed by atoms with Gasteiger partial charge in [0, 0.05) is 12.5 Å². The summed E-state index contributed by atoms with van der Waals surface area (Å²) in [7, 11) is 0. The van der Waals surface area contributed by atoms with Gasteiger partial charge in [0.1, 0.15) is 0 Å². The lowest BCUT2D eigenvalue weighted by Gasteiger charge is -2.16. The highest BCUT2D eigenvalue weighted by Crippen LogP contribution is 2.24. The van der Waals surface area contributed by atoms with E-state index >= 15 is 0 Å². The van der Waals surface area contributed by atoms with E-state index in [2.05, 4.69) is 5.32 Å². The van der Waals surface area contributed by atoms with Crippen LogP contribution in [-0.2, 0) is 4.79 Å². The van der Waals surface area contributed by atoms with Gasteiger partial charge in [0.25, 0.3) is 0 Å². The van der Waals surface area contributed by atoms with Gasteiger partial charge < -0.3 is 5.32 Å². The van der Waals surface area contributed by atoms with Gasteiger partial charge in [-0.25, -0.2) is 0 Å². The Morgan fingerprint density at radius 1 is 1.31 bits per heavy atom. The van der Waals surface area contributed by atoms with Crippen LogP contribution in [0.5, 0.6) is 0 Å². The van der Waals surface area contributed by atoms with E-state index in [1.54, 1.807) is 13.8 Å². The van der Waals surface area contributed by atoms with Crippen molar-refractivity contribution in [2.75, 3.05) is 6.54 Å². The van der Waals surface area contributed by atoms with E-state index in [0.29, 0.717) is 0 Å². The molecular formula is C8H14F3NO. The van der Waals surface area contributed by atoms with E-state index < -0.39 is 12.1 Å². The Kier molecular flexibility index (Phi) is 4.23. The van der Waals surface area contributed by atoms with Crippen molar-refractivity contribution in [3.8, 4) is 0 Å². The summed E-state index contributed by atoms with van der Waals surface area (Å²) in [6.45, 7) is 3.96. The summed E-state index contributed by atoms with van der Waals surface area (Å²) in [6, 6.07) is 0. The quantitative estimate of drug-likeness (QED) is 0.736. The summed E-state index contributed by atoms with van der Waals surface area (Å²) in [4.78, 5) is 10.9. The summed E-state index contributed by atoms with van der Waals surface area (Å²) in [5, 5.41) is 2.23. The lowest BCUT2D eigenvalue weighted by molar-refractivity contribution is -0.168. The Bertz CT molecular complexity index is 177. The maximum atomic E-state index is 11.9. The molecule has 5 heteroatoms. The van der Waals surface area contributed by atoms with Crippen LogP contribution in [0.4, 0.5) is 13.2 Å². The maximum Gasteiger partial charge on any atom is 0.393 e. The fraction of sp³-hybridized carbons (Fsp3) is 0.875. The molecule has 1 atom stereocenters. The van der Waals surface area contributed by atoms with Gasteiger partial charge >= 0.3 is 6.18 Å². The van der Waals surface area contributed by atoms with E-state index in [-0.39, 0.29) is 18.4 Å². The second-order valence-corrected chi connectivity index (χ2v) is 3.34. The van der Waals surface area contributed by atoms with Gasteiger partial charge in [0.2, 0.25) is 5.91 Å². The number of hydrogen-bond acceptors (Lipinski definition) is 1. The lowest BCUT2D eigenvalue weighted by Crippen LogP contribution is -2.36. The second-order valence-electron chi connectivity index (χ2n) is 3.34. The van der Waals surface area contributed by atoms with Gasteiger partial charge in [-0.2, -0.15) is 13.2 Å². The largest absolute Gasteiger partial charge is 0.393 e. The monoisotopic (exact) mass is 197 g/mol. The third-order valence-electron chi connectivity index (χ3n) is 1.67. The molecule has 0 aromatic rings. The van der Waals surface area contributed by atoms with Crippen LogP contribution < -0.4 is 5.32 Å². The van der Waals surface area contributed by atoms with Gasteiger partial charge in [-0.3, -0.25) is 4.79 Å². The molecule has 0 fully saturated rings. The van der Waals surface area contributed by atoms with Gasteiger partial charge in [-0.15, -0.1) is 0 Å². The molecule has 0 heterocycles. The van der Waals surface area contributed by atoms with Crippen molar-refractivity contribution in [3.05, 3.63) is 0 Å². The summed E-state index contributed by atoms with van der Waals surface area (Å²) in [5.41, 5.74) is 0. The van der Waals surface area contributed by atoms with Crippen LogP contribution in [0.2, 0.25) is 0 Å². The first-order chi connectivity index (χ1) is 5.75. The Hall–Kier alpha value is -0.740. The highest BCUT2D eigenvalue weighted by Gasteiger charge is 2.35. The van der Waals surface area contributed by atoms with E-state index in [9.17, 15) is 18.0 Å². The molecule has 0 radical (unpaired) electrons. The van der Waals surface area contributed by atoms with Crippen LogP contribution in [0.15, 0.2) is 0 Å². The summed E-state index contributed by atoms with van der Waals surface area (Å²) in [5.74, 6) is -2.12. The Morgan fingerprint density at radius 3 is 2.08 bits per heavy atom. The Balaban J connectivity index is 3.84. The van der Waals surface area contributed by atoms with Gasteiger partial charge in [-0.1, -0.05) is 20.8 Å². The molecule has 0 aliphatic rings. The predicted octanol–water partition coefficient (Wildman–Crippen LogP) is 1.96. The van der Waals surface area contributed by atoms with Crippen LogP contribution in [0.3, 0.4) is 0 Å². The molecule has 0 aliphatic heterocycles. The Labute approximate surface area is 75.5 Å². The zero-order valence-corrected chi connectivity index (χ0v) is 7.90. The molecular weight excluding hydrogens is 183 g/mol.